The molecule has 0 amide bonds. The molecule has 0 saturated heterocycles. The zero-order valence-electron chi connectivity index (χ0n) is 9.09. The fourth-order valence-electron chi connectivity index (χ4n) is 2.32. The number of aryl methyl sites for hydroxylation is 1. The zero-order chi connectivity index (χ0) is 10.1. The zero-order valence-corrected chi connectivity index (χ0v) is 9.09. The van der Waals surface area contributed by atoms with Crippen LogP contribution in [0.4, 0.5) is 0 Å². The van der Waals surface area contributed by atoms with Crippen LogP contribution in [0.2, 0.25) is 0 Å². The molecule has 1 aliphatic carbocycles. The van der Waals surface area contributed by atoms with E-state index < -0.39 is 0 Å². The van der Waals surface area contributed by atoms with Crippen LogP contribution in [0.3, 0.4) is 0 Å². The standard InChI is InChI=1S/C13H19N/c1-9(2)13(14)12-8-4-6-10-5-3-7-11(10)12/h4,6,8-9,13H,3,5,7,14H2,1-2H3/t13-/m1/s1. The van der Waals surface area contributed by atoms with Crippen LogP contribution in [0.5, 0.6) is 0 Å². The van der Waals surface area contributed by atoms with Gasteiger partial charge in [0.05, 0.1) is 0 Å². The molecule has 1 aliphatic rings. The molecule has 1 aromatic rings. The molecule has 0 aromatic heterocycles. The topological polar surface area (TPSA) is 26.0 Å². The maximum absolute atomic E-state index is 6.21. The number of hydrogen-bond donors (Lipinski definition) is 1. The van der Waals surface area contributed by atoms with Crippen LogP contribution in [0, 0.1) is 5.92 Å². The van der Waals surface area contributed by atoms with Crippen LogP contribution in [-0.2, 0) is 12.8 Å². The predicted molar refractivity (Wildman–Crippen MR) is 60.2 cm³/mol. The maximum Gasteiger partial charge on any atom is 0.0321 e. The van der Waals surface area contributed by atoms with E-state index >= 15 is 0 Å². The molecule has 0 radical (unpaired) electrons. The highest BCUT2D eigenvalue weighted by Crippen LogP contribution is 2.30. The predicted octanol–water partition coefficient (Wildman–Crippen LogP) is 2.83. The summed E-state index contributed by atoms with van der Waals surface area (Å²) in [6.45, 7) is 4.39. The summed E-state index contributed by atoms with van der Waals surface area (Å²) in [6, 6.07) is 6.82. The van der Waals surface area contributed by atoms with E-state index in [0.717, 1.165) is 0 Å². The van der Waals surface area contributed by atoms with Crippen LogP contribution in [-0.4, -0.2) is 0 Å². The smallest absolute Gasteiger partial charge is 0.0321 e. The molecule has 2 N–H and O–H groups in total. The number of rotatable bonds is 2. The van der Waals surface area contributed by atoms with Crippen molar-refractivity contribution in [2.24, 2.45) is 11.7 Å². The average molecular weight is 189 g/mol. The van der Waals surface area contributed by atoms with E-state index in [4.69, 9.17) is 5.73 Å². The fraction of sp³-hybridized carbons (Fsp3) is 0.538. The van der Waals surface area contributed by atoms with Crippen LogP contribution in [0.15, 0.2) is 18.2 Å². The molecule has 0 aliphatic heterocycles. The summed E-state index contributed by atoms with van der Waals surface area (Å²) in [5, 5.41) is 0. The van der Waals surface area contributed by atoms with E-state index in [-0.39, 0.29) is 6.04 Å². The van der Waals surface area contributed by atoms with Gasteiger partial charge in [-0.15, -0.1) is 0 Å². The van der Waals surface area contributed by atoms with E-state index in [9.17, 15) is 0 Å². The molecule has 0 unspecified atom stereocenters. The average Bonchev–Trinajstić information content (AvgIpc) is 2.63. The van der Waals surface area contributed by atoms with Crippen molar-refractivity contribution in [3.8, 4) is 0 Å². The second-order valence-corrected chi connectivity index (χ2v) is 4.61. The Bertz CT molecular complexity index is 328. The van der Waals surface area contributed by atoms with E-state index in [1.807, 2.05) is 0 Å². The lowest BCUT2D eigenvalue weighted by Gasteiger charge is -2.19. The number of nitrogens with two attached hydrogens (primary N) is 1. The minimum Gasteiger partial charge on any atom is -0.324 e. The van der Waals surface area contributed by atoms with Crippen LogP contribution >= 0.6 is 0 Å². The first kappa shape index (κ1) is 9.72. The summed E-state index contributed by atoms with van der Waals surface area (Å²) in [5.41, 5.74) is 10.7. The minimum atomic E-state index is 0.211. The molecular formula is C13H19N. The van der Waals surface area contributed by atoms with Gasteiger partial charge in [0.1, 0.15) is 0 Å². The molecule has 1 atom stereocenters. The van der Waals surface area contributed by atoms with Crippen molar-refractivity contribution in [1.29, 1.82) is 0 Å². The van der Waals surface area contributed by atoms with Crippen molar-refractivity contribution < 1.29 is 0 Å². The quantitative estimate of drug-likeness (QED) is 0.760. The molecule has 0 bridgehead atoms. The van der Waals surface area contributed by atoms with Crippen LogP contribution in [0.25, 0.3) is 0 Å². The summed E-state index contributed by atoms with van der Waals surface area (Å²) in [7, 11) is 0. The summed E-state index contributed by atoms with van der Waals surface area (Å²) < 4.78 is 0. The lowest BCUT2D eigenvalue weighted by atomic mass is 9.91. The molecule has 1 nitrogen and oxygen atoms in total. The second kappa shape index (κ2) is 3.74. The van der Waals surface area contributed by atoms with E-state index in [1.165, 1.54) is 36.0 Å². The van der Waals surface area contributed by atoms with Gasteiger partial charge in [0.15, 0.2) is 0 Å². The van der Waals surface area contributed by atoms with Gasteiger partial charge in [-0.25, -0.2) is 0 Å². The third kappa shape index (κ3) is 1.57. The Morgan fingerprint density at radius 2 is 2.00 bits per heavy atom. The molecule has 14 heavy (non-hydrogen) atoms. The van der Waals surface area contributed by atoms with Gasteiger partial charge in [-0.1, -0.05) is 32.0 Å². The van der Waals surface area contributed by atoms with Gasteiger partial charge in [-0.05, 0) is 41.9 Å². The molecule has 0 fully saturated rings. The van der Waals surface area contributed by atoms with Crippen molar-refractivity contribution in [1.82, 2.24) is 0 Å². The van der Waals surface area contributed by atoms with E-state index in [2.05, 4.69) is 32.0 Å². The van der Waals surface area contributed by atoms with Crippen molar-refractivity contribution in [2.45, 2.75) is 39.2 Å². The molecule has 1 heteroatoms. The second-order valence-electron chi connectivity index (χ2n) is 4.61. The molecule has 0 heterocycles. The van der Waals surface area contributed by atoms with Crippen molar-refractivity contribution in [3.63, 3.8) is 0 Å². The molecule has 1 aromatic carbocycles. The highest BCUT2D eigenvalue weighted by molar-refractivity contribution is 5.40. The highest BCUT2D eigenvalue weighted by Gasteiger charge is 2.19. The Kier molecular flexibility index (Phi) is 2.60. The van der Waals surface area contributed by atoms with Crippen LogP contribution < -0.4 is 5.73 Å². The Balaban J connectivity index is 2.39. The molecule has 76 valence electrons. The van der Waals surface area contributed by atoms with E-state index in [0.29, 0.717) is 5.92 Å². The first-order valence-corrected chi connectivity index (χ1v) is 5.56. The Hall–Kier alpha value is -0.820. The van der Waals surface area contributed by atoms with Gasteiger partial charge < -0.3 is 5.73 Å². The van der Waals surface area contributed by atoms with Crippen molar-refractivity contribution >= 4 is 0 Å². The molecular weight excluding hydrogens is 170 g/mol. The summed E-state index contributed by atoms with van der Waals surface area (Å²) in [5.74, 6) is 0.530. The van der Waals surface area contributed by atoms with Gasteiger partial charge in [-0.3, -0.25) is 0 Å². The number of hydrogen-bond acceptors (Lipinski definition) is 1. The van der Waals surface area contributed by atoms with Gasteiger partial charge >= 0.3 is 0 Å². The molecule has 0 saturated carbocycles. The summed E-state index contributed by atoms with van der Waals surface area (Å²) >= 11 is 0. The van der Waals surface area contributed by atoms with E-state index in [1.54, 1.807) is 0 Å². The van der Waals surface area contributed by atoms with Crippen LogP contribution in [0.1, 0.15) is 43.0 Å². The lowest BCUT2D eigenvalue weighted by molar-refractivity contribution is 0.511. The monoisotopic (exact) mass is 189 g/mol. The van der Waals surface area contributed by atoms with Crippen molar-refractivity contribution in [2.75, 3.05) is 0 Å². The first-order chi connectivity index (χ1) is 6.70. The minimum absolute atomic E-state index is 0.211. The van der Waals surface area contributed by atoms with Gasteiger partial charge in [0.2, 0.25) is 0 Å². The fourth-order valence-corrected chi connectivity index (χ4v) is 2.32. The third-order valence-corrected chi connectivity index (χ3v) is 3.26. The maximum atomic E-state index is 6.21. The first-order valence-electron chi connectivity index (χ1n) is 5.56. The highest BCUT2D eigenvalue weighted by atomic mass is 14.6. The Labute approximate surface area is 86.3 Å². The van der Waals surface area contributed by atoms with Crippen molar-refractivity contribution in [3.05, 3.63) is 34.9 Å². The SMILES string of the molecule is CC(C)[C@@H](N)c1cccc2c1CCC2. The summed E-state index contributed by atoms with van der Waals surface area (Å²) in [4.78, 5) is 0. The molecule has 2 rings (SSSR count). The molecule has 0 spiro atoms. The van der Waals surface area contributed by atoms with Gasteiger partial charge in [-0.2, -0.15) is 0 Å². The number of benzene rings is 1. The lowest BCUT2D eigenvalue weighted by Crippen LogP contribution is -2.18. The third-order valence-electron chi connectivity index (χ3n) is 3.26. The van der Waals surface area contributed by atoms with Gasteiger partial charge in [0, 0.05) is 6.04 Å². The largest absolute Gasteiger partial charge is 0.324 e. The normalized spacial score (nSPS) is 17.1. The summed E-state index contributed by atoms with van der Waals surface area (Å²) in [6.07, 6.45) is 3.77. The number of fused-ring (bicyclic) bond motifs is 1. The van der Waals surface area contributed by atoms with Gasteiger partial charge in [0.25, 0.3) is 0 Å². The Morgan fingerprint density at radius 3 is 2.71 bits per heavy atom. The Morgan fingerprint density at radius 1 is 1.21 bits per heavy atom.